The van der Waals surface area contributed by atoms with Gasteiger partial charge < -0.3 is 10.4 Å². The standard InChI is InChI=1S/C16H22FNO2/c1-11(2)9-14(10-19)18-15(20)16(7-8-16)12-3-5-13(17)6-4-12/h3-6,11,14,19H,7-10H2,1-2H3,(H,18,20). The molecule has 1 aromatic rings. The lowest BCUT2D eigenvalue weighted by Gasteiger charge is -2.22. The zero-order valence-corrected chi connectivity index (χ0v) is 12.0. The van der Waals surface area contributed by atoms with Gasteiger partial charge in [0.2, 0.25) is 5.91 Å². The number of carbonyl (C=O) groups is 1. The van der Waals surface area contributed by atoms with Crippen molar-refractivity contribution in [3.63, 3.8) is 0 Å². The largest absolute Gasteiger partial charge is 0.394 e. The van der Waals surface area contributed by atoms with Crippen LogP contribution in [0, 0.1) is 11.7 Å². The lowest BCUT2D eigenvalue weighted by molar-refractivity contribution is -0.124. The molecule has 1 saturated carbocycles. The predicted molar refractivity (Wildman–Crippen MR) is 75.8 cm³/mol. The maximum Gasteiger partial charge on any atom is 0.230 e. The Kier molecular flexibility index (Phi) is 4.43. The lowest BCUT2D eigenvalue weighted by Crippen LogP contribution is -2.44. The van der Waals surface area contributed by atoms with Gasteiger partial charge in [-0.3, -0.25) is 4.79 Å². The molecular formula is C16H22FNO2. The molecular weight excluding hydrogens is 257 g/mol. The maximum atomic E-state index is 13.0. The first-order valence-corrected chi connectivity index (χ1v) is 7.16. The summed E-state index contributed by atoms with van der Waals surface area (Å²) >= 11 is 0. The van der Waals surface area contributed by atoms with E-state index < -0.39 is 5.41 Å². The van der Waals surface area contributed by atoms with E-state index in [4.69, 9.17) is 0 Å². The van der Waals surface area contributed by atoms with Crippen LogP contribution in [0.3, 0.4) is 0 Å². The van der Waals surface area contributed by atoms with Crippen molar-refractivity contribution in [1.29, 1.82) is 0 Å². The summed E-state index contributed by atoms with van der Waals surface area (Å²) in [5.74, 6) is 0.0650. The molecule has 2 N–H and O–H groups in total. The quantitative estimate of drug-likeness (QED) is 0.840. The first-order valence-electron chi connectivity index (χ1n) is 7.16. The number of rotatable bonds is 6. The van der Waals surface area contributed by atoms with Crippen molar-refractivity contribution in [3.8, 4) is 0 Å². The fourth-order valence-corrected chi connectivity index (χ4v) is 2.61. The van der Waals surface area contributed by atoms with E-state index in [0.717, 1.165) is 24.8 Å². The van der Waals surface area contributed by atoms with Crippen LogP contribution in [0.15, 0.2) is 24.3 Å². The number of hydrogen-bond acceptors (Lipinski definition) is 2. The Hall–Kier alpha value is -1.42. The van der Waals surface area contributed by atoms with Crippen molar-refractivity contribution >= 4 is 5.91 Å². The molecule has 0 bridgehead atoms. The number of benzene rings is 1. The zero-order valence-electron chi connectivity index (χ0n) is 12.0. The number of halogens is 1. The molecule has 0 spiro atoms. The van der Waals surface area contributed by atoms with Crippen molar-refractivity contribution in [2.24, 2.45) is 5.92 Å². The summed E-state index contributed by atoms with van der Waals surface area (Å²) in [5.41, 5.74) is 0.343. The summed E-state index contributed by atoms with van der Waals surface area (Å²) in [6, 6.07) is 5.93. The van der Waals surface area contributed by atoms with Crippen LogP contribution in [0.4, 0.5) is 4.39 Å². The van der Waals surface area contributed by atoms with E-state index in [2.05, 4.69) is 19.2 Å². The van der Waals surface area contributed by atoms with Gasteiger partial charge in [-0.15, -0.1) is 0 Å². The second kappa shape index (κ2) is 5.92. The molecule has 0 saturated heterocycles. The first kappa shape index (κ1) is 15.0. The average molecular weight is 279 g/mol. The second-order valence-corrected chi connectivity index (χ2v) is 6.07. The van der Waals surface area contributed by atoms with E-state index in [0.29, 0.717) is 5.92 Å². The Morgan fingerprint density at radius 1 is 1.35 bits per heavy atom. The molecule has 3 nitrogen and oxygen atoms in total. The van der Waals surface area contributed by atoms with E-state index in [1.165, 1.54) is 12.1 Å². The minimum absolute atomic E-state index is 0.0520. The van der Waals surface area contributed by atoms with Gasteiger partial charge in [0, 0.05) is 0 Å². The number of amides is 1. The molecule has 0 heterocycles. The molecule has 0 radical (unpaired) electrons. The van der Waals surface area contributed by atoms with Gasteiger partial charge in [-0.1, -0.05) is 26.0 Å². The highest BCUT2D eigenvalue weighted by Gasteiger charge is 2.51. The minimum Gasteiger partial charge on any atom is -0.394 e. The third-order valence-electron chi connectivity index (χ3n) is 3.89. The molecule has 1 amide bonds. The Balaban J connectivity index is 2.06. The Labute approximate surface area is 119 Å². The molecule has 2 rings (SSSR count). The SMILES string of the molecule is CC(C)CC(CO)NC(=O)C1(c2ccc(F)cc2)CC1. The fraction of sp³-hybridized carbons (Fsp3) is 0.562. The van der Waals surface area contributed by atoms with Crippen molar-refractivity contribution < 1.29 is 14.3 Å². The number of carbonyl (C=O) groups excluding carboxylic acids is 1. The number of aliphatic hydroxyl groups excluding tert-OH is 1. The van der Waals surface area contributed by atoms with E-state index in [-0.39, 0.29) is 24.4 Å². The van der Waals surface area contributed by atoms with Gasteiger partial charge in [-0.25, -0.2) is 4.39 Å². The highest BCUT2D eigenvalue weighted by molar-refractivity contribution is 5.91. The van der Waals surface area contributed by atoms with Gasteiger partial charge in [0.05, 0.1) is 18.1 Å². The summed E-state index contributed by atoms with van der Waals surface area (Å²) in [6.45, 7) is 4.06. The maximum absolute atomic E-state index is 13.0. The van der Waals surface area contributed by atoms with Crippen molar-refractivity contribution in [2.45, 2.75) is 44.6 Å². The van der Waals surface area contributed by atoms with E-state index in [9.17, 15) is 14.3 Å². The van der Waals surface area contributed by atoms with E-state index >= 15 is 0 Å². The predicted octanol–water partition coefficient (Wildman–Crippen LogP) is 2.38. The van der Waals surface area contributed by atoms with Gasteiger partial charge in [-0.05, 0) is 42.9 Å². The molecule has 1 aliphatic rings. The van der Waals surface area contributed by atoms with Crippen LogP contribution in [-0.4, -0.2) is 23.7 Å². The van der Waals surface area contributed by atoms with Gasteiger partial charge in [-0.2, -0.15) is 0 Å². The van der Waals surface area contributed by atoms with Crippen LogP contribution < -0.4 is 5.32 Å². The highest BCUT2D eigenvalue weighted by Crippen LogP contribution is 2.48. The van der Waals surface area contributed by atoms with E-state index in [1.54, 1.807) is 12.1 Å². The second-order valence-electron chi connectivity index (χ2n) is 6.07. The molecule has 1 aromatic carbocycles. The molecule has 110 valence electrons. The molecule has 20 heavy (non-hydrogen) atoms. The van der Waals surface area contributed by atoms with Crippen LogP contribution in [0.1, 0.15) is 38.7 Å². The number of hydrogen-bond donors (Lipinski definition) is 2. The number of nitrogens with one attached hydrogen (secondary N) is 1. The van der Waals surface area contributed by atoms with E-state index in [1.807, 2.05) is 0 Å². The third kappa shape index (κ3) is 3.18. The Morgan fingerprint density at radius 3 is 2.40 bits per heavy atom. The Bertz CT molecular complexity index is 466. The topological polar surface area (TPSA) is 49.3 Å². The van der Waals surface area contributed by atoms with Gasteiger partial charge in [0.1, 0.15) is 5.82 Å². The molecule has 0 aliphatic heterocycles. The van der Waals surface area contributed by atoms with Gasteiger partial charge in [0.15, 0.2) is 0 Å². The van der Waals surface area contributed by atoms with Crippen LogP contribution in [0.5, 0.6) is 0 Å². The fourth-order valence-electron chi connectivity index (χ4n) is 2.61. The summed E-state index contributed by atoms with van der Waals surface area (Å²) in [7, 11) is 0. The summed E-state index contributed by atoms with van der Waals surface area (Å²) in [5, 5.41) is 12.3. The summed E-state index contributed by atoms with van der Waals surface area (Å²) < 4.78 is 13.0. The van der Waals surface area contributed by atoms with Crippen molar-refractivity contribution in [1.82, 2.24) is 5.32 Å². The summed E-state index contributed by atoms with van der Waals surface area (Å²) in [4.78, 5) is 12.4. The minimum atomic E-state index is -0.516. The number of aliphatic hydroxyl groups is 1. The third-order valence-corrected chi connectivity index (χ3v) is 3.89. The van der Waals surface area contributed by atoms with Crippen LogP contribution in [0.2, 0.25) is 0 Å². The smallest absolute Gasteiger partial charge is 0.230 e. The molecule has 4 heteroatoms. The Morgan fingerprint density at radius 2 is 1.95 bits per heavy atom. The van der Waals surface area contributed by atoms with Crippen LogP contribution in [-0.2, 0) is 10.2 Å². The molecule has 0 aromatic heterocycles. The summed E-state index contributed by atoms with van der Waals surface area (Å²) in [6.07, 6.45) is 2.32. The molecule has 1 atom stereocenters. The normalized spacial score (nSPS) is 17.9. The van der Waals surface area contributed by atoms with Crippen molar-refractivity contribution in [2.75, 3.05) is 6.61 Å². The molecule has 1 fully saturated rings. The molecule has 1 unspecified atom stereocenters. The molecule has 1 aliphatic carbocycles. The van der Waals surface area contributed by atoms with Crippen LogP contribution in [0.25, 0.3) is 0 Å². The highest BCUT2D eigenvalue weighted by atomic mass is 19.1. The monoisotopic (exact) mass is 279 g/mol. The first-order chi connectivity index (χ1) is 9.48. The average Bonchev–Trinajstić information content (AvgIpc) is 3.19. The lowest BCUT2D eigenvalue weighted by atomic mass is 9.94. The van der Waals surface area contributed by atoms with Gasteiger partial charge >= 0.3 is 0 Å². The van der Waals surface area contributed by atoms with Gasteiger partial charge in [0.25, 0.3) is 0 Å². The zero-order chi connectivity index (χ0) is 14.8. The van der Waals surface area contributed by atoms with Crippen LogP contribution >= 0.6 is 0 Å². The van der Waals surface area contributed by atoms with Crippen molar-refractivity contribution in [3.05, 3.63) is 35.6 Å².